The van der Waals surface area contributed by atoms with Gasteiger partial charge in [0, 0.05) is 31.4 Å². The lowest BCUT2D eigenvalue weighted by molar-refractivity contribution is 0.152. The van der Waals surface area contributed by atoms with Gasteiger partial charge in [-0.05, 0) is 20.8 Å². The number of hydrogen-bond donors (Lipinski definition) is 2. The summed E-state index contributed by atoms with van der Waals surface area (Å²) in [6.45, 7) is 6.50. The van der Waals surface area contributed by atoms with E-state index < -0.39 is 0 Å². The second-order valence-electron chi connectivity index (χ2n) is 3.82. The van der Waals surface area contributed by atoms with Crippen molar-refractivity contribution in [3.05, 3.63) is 17.5 Å². The van der Waals surface area contributed by atoms with Crippen LogP contribution in [0.25, 0.3) is 0 Å². The summed E-state index contributed by atoms with van der Waals surface area (Å²) >= 11 is 0. The Balaban J connectivity index is 2.49. The van der Waals surface area contributed by atoms with Gasteiger partial charge in [0.15, 0.2) is 0 Å². The lowest BCUT2D eigenvalue weighted by atomic mass is 10.2. The molecule has 4 nitrogen and oxygen atoms in total. The molecule has 0 saturated heterocycles. The van der Waals surface area contributed by atoms with Crippen molar-refractivity contribution < 1.29 is 5.11 Å². The molecule has 0 bridgehead atoms. The van der Waals surface area contributed by atoms with Crippen molar-refractivity contribution in [2.75, 3.05) is 0 Å². The van der Waals surface area contributed by atoms with Crippen molar-refractivity contribution in [1.82, 2.24) is 15.1 Å². The molecule has 0 radical (unpaired) electrons. The van der Waals surface area contributed by atoms with Crippen molar-refractivity contribution in [2.45, 2.75) is 39.5 Å². The molecule has 0 aliphatic rings. The zero-order valence-corrected chi connectivity index (χ0v) is 9.28. The molecule has 4 heteroatoms. The smallest absolute Gasteiger partial charge is 0.0662 e. The average Bonchev–Trinajstić information content (AvgIpc) is 2.40. The van der Waals surface area contributed by atoms with E-state index in [1.54, 1.807) is 11.6 Å². The van der Waals surface area contributed by atoms with Gasteiger partial charge < -0.3 is 10.4 Å². The first-order valence-electron chi connectivity index (χ1n) is 4.91. The molecule has 14 heavy (non-hydrogen) atoms. The first-order chi connectivity index (χ1) is 6.50. The molecule has 1 aromatic heterocycles. The second-order valence-corrected chi connectivity index (χ2v) is 3.82. The maximum absolute atomic E-state index is 9.29. The number of nitrogens with one attached hydrogen (secondary N) is 1. The second kappa shape index (κ2) is 4.57. The normalized spacial score (nSPS) is 15.5. The molecule has 0 aliphatic carbocycles. The van der Waals surface area contributed by atoms with E-state index >= 15 is 0 Å². The van der Waals surface area contributed by atoms with E-state index in [0.717, 1.165) is 12.2 Å². The van der Waals surface area contributed by atoms with Crippen LogP contribution in [0.15, 0.2) is 6.20 Å². The van der Waals surface area contributed by atoms with Crippen LogP contribution in [0.1, 0.15) is 25.1 Å². The van der Waals surface area contributed by atoms with Crippen LogP contribution in [-0.2, 0) is 13.6 Å². The van der Waals surface area contributed by atoms with Crippen LogP contribution in [0.3, 0.4) is 0 Å². The first kappa shape index (κ1) is 11.2. The summed E-state index contributed by atoms with van der Waals surface area (Å²) in [5.41, 5.74) is 2.22. The molecule has 2 unspecified atom stereocenters. The summed E-state index contributed by atoms with van der Waals surface area (Å²) in [5, 5.41) is 16.8. The van der Waals surface area contributed by atoms with Crippen LogP contribution >= 0.6 is 0 Å². The molecule has 2 atom stereocenters. The molecule has 2 N–H and O–H groups in total. The molecule has 0 saturated carbocycles. The molecular weight excluding hydrogens is 178 g/mol. The van der Waals surface area contributed by atoms with E-state index in [1.807, 2.05) is 27.1 Å². The summed E-state index contributed by atoms with van der Waals surface area (Å²) < 4.78 is 1.80. The van der Waals surface area contributed by atoms with Crippen LogP contribution in [0, 0.1) is 6.92 Å². The number of aromatic nitrogens is 2. The summed E-state index contributed by atoms with van der Waals surface area (Å²) in [6, 6.07) is 0.106. The SMILES string of the molecule is Cc1nn(C)cc1CNC(C)C(C)O. The monoisotopic (exact) mass is 197 g/mol. The molecule has 1 rings (SSSR count). The number of aliphatic hydroxyl groups is 1. The summed E-state index contributed by atoms with van der Waals surface area (Å²) in [5.74, 6) is 0. The molecule has 0 fully saturated rings. The minimum atomic E-state index is -0.327. The van der Waals surface area contributed by atoms with Gasteiger partial charge in [-0.2, -0.15) is 5.10 Å². The number of aryl methyl sites for hydroxylation is 2. The lowest BCUT2D eigenvalue weighted by Gasteiger charge is -2.15. The largest absolute Gasteiger partial charge is 0.392 e. The fourth-order valence-electron chi connectivity index (χ4n) is 1.26. The van der Waals surface area contributed by atoms with Gasteiger partial charge in [-0.1, -0.05) is 0 Å². The summed E-state index contributed by atoms with van der Waals surface area (Å²) in [4.78, 5) is 0. The van der Waals surface area contributed by atoms with E-state index in [0.29, 0.717) is 0 Å². The predicted octanol–water partition coefficient (Wildman–Crippen LogP) is 0.587. The summed E-state index contributed by atoms with van der Waals surface area (Å²) in [7, 11) is 1.91. The quantitative estimate of drug-likeness (QED) is 0.742. The number of rotatable bonds is 4. The van der Waals surface area contributed by atoms with Crippen LogP contribution < -0.4 is 5.32 Å². The van der Waals surface area contributed by atoms with E-state index in [4.69, 9.17) is 0 Å². The Labute approximate surface area is 84.9 Å². The van der Waals surface area contributed by atoms with E-state index in [1.165, 1.54) is 5.56 Å². The minimum Gasteiger partial charge on any atom is -0.392 e. The number of aliphatic hydroxyl groups excluding tert-OH is 1. The Hall–Kier alpha value is -0.870. The van der Waals surface area contributed by atoms with E-state index in [-0.39, 0.29) is 12.1 Å². The molecule has 0 amide bonds. The van der Waals surface area contributed by atoms with Crippen molar-refractivity contribution in [3.63, 3.8) is 0 Å². The van der Waals surface area contributed by atoms with Crippen LogP contribution in [0.5, 0.6) is 0 Å². The molecule has 0 spiro atoms. The molecule has 80 valence electrons. The third-order valence-electron chi connectivity index (χ3n) is 2.45. The predicted molar refractivity (Wildman–Crippen MR) is 55.9 cm³/mol. The minimum absolute atomic E-state index is 0.106. The lowest BCUT2D eigenvalue weighted by Crippen LogP contribution is -2.34. The zero-order chi connectivity index (χ0) is 10.7. The molecule has 1 aromatic rings. The third-order valence-corrected chi connectivity index (χ3v) is 2.45. The van der Waals surface area contributed by atoms with Gasteiger partial charge in [0.1, 0.15) is 0 Å². The highest BCUT2D eigenvalue weighted by atomic mass is 16.3. The Morgan fingerprint density at radius 3 is 2.64 bits per heavy atom. The maximum atomic E-state index is 9.29. The Bertz CT molecular complexity index is 294. The fourth-order valence-corrected chi connectivity index (χ4v) is 1.26. The van der Waals surface area contributed by atoms with Gasteiger partial charge in [-0.3, -0.25) is 4.68 Å². The van der Waals surface area contributed by atoms with Gasteiger partial charge in [0.2, 0.25) is 0 Å². The highest BCUT2D eigenvalue weighted by molar-refractivity contribution is 5.14. The fraction of sp³-hybridized carbons (Fsp3) is 0.700. The van der Waals surface area contributed by atoms with Crippen molar-refractivity contribution >= 4 is 0 Å². The highest BCUT2D eigenvalue weighted by Gasteiger charge is 2.09. The van der Waals surface area contributed by atoms with Crippen LogP contribution in [-0.4, -0.2) is 27.0 Å². The first-order valence-corrected chi connectivity index (χ1v) is 4.91. The average molecular weight is 197 g/mol. The molecule has 1 heterocycles. The Kier molecular flexibility index (Phi) is 3.66. The van der Waals surface area contributed by atoms with Gasteiger partial charge in [-0.25, -0.2) is 0 Å². The maximum Gasteiger partial charge on any atom is 0.0662 e. The number of nitrogens with zero attached hydrogens (tertiary/aromatic N) is 2. The van der Waals surface area contributed by atoms with Gasteiger partial charge in [0.25, 0.3) is 0 Å². The van der Waals surface area contributed by atoms with Gasteiger partial charge in [0.05, 0.1) is 11.8 Å². The third kappa shape index (κ3) is 2.82. The van der Waals surface area contributed by atoms with Gasteiger partial charge in [-0.15, -0.1) is 0 Å². The zero-order valence-electron chi connectivity index (χ0n) is 9.28. The van der Waals surface area contributed by atoms with Crippen molar-refractivity contribution in [1.29, 1.82) is 0 Å². The number of hydrogen-bond acceptors (Lipinski definition) is 3. The van der Waals surface area contributed by atoms with Crippen molar-refractivity contribution in [3.8, 4) is 0 Å². The highest BCUT2D eigenvalue weighted by Crippen LogP contribution is 2.04. The molecule has 0 aliphatic heterocycles. The Morgan fingerprint density at radius 2 is 2.21 bits per heavy atom. The Morgan fingerprint density at radius 1 is 1.57 bits per heavy atom. The van der Waals surface area contributed by atoms with Crippen LogP contribution in [0.4, 0.5) is 0 Å². The standard InChI is InChI=1S/C10H19N3O/c1-7(9(3)14)11-5-10-6-13(4)12-8(10)2/h6-7,9,11,14H,5H2,1-4H3. The van der Waals surface area contributed by atoms with Gasteiger partial charge >= 0.3 is 0 Å². The molecular formula is C10H19N3O. The van der Waals surface area contributed by atoms with Crippen molar-refractivity contribution in [2.24, 2.45) is 7.05 Å². The van der Waals surface area contributed by atoms with Crippen LogP contribution in [0.2, 0.25) is 0 Å². The topological polar surface area (TPSA) is 50.1 Å². The van der Waals surface area contributed by atoms with E-state index in [9.17, 15) is 5.11 Å². The molecule has 0 aromatic carbocycles. The summed E-state index contributed by atoms with van der Waals surface area (Å²) in [6.07, 6.45) is 1.67. The van der Waals surface area contributed by atoms with E-state index in [2.05, 4.69) is 10.4 Å².